The fourth-order valence-corrected chi connectivity index (χ4v) is 3.50. The Kier molecular flexibility index (Phi) is 4.99. The van der Waals surface area contributed by atoms with Gasteiger partial charge in [0.05, 0.1) is 6.20 Å². The first-order valence-corrected chi connectivity index (χ1v) is 9.32. The molecule has 2 saturated heterocycles. The van der Waals surface area contributed by atoms with Crippen LogP contribution in [0.2, 0.25) is 0 Å². The summed E-state index contributed by atoms with van der Waals surface area (Å²) in [5.74, 6) is 2.63. The molecule has 2 aliphatic heterocycles. The predicted octanol–water partition coefficient (Wildman–Crippen LogP) is 0.262. The average Bonchev–Trinajstić information content (AvgIpc) is 2.75. The third-order valence-corrected chi connectivity index (χ3v) is 5.12. The highest BCUT2D eigenvalue weighted by atomic mass is 16.2. The minimum absolute atomic E-state index is 0.127. The molecule has 0 unspecified atom stereocenters. The van der Waals surface area contributed by atoms with Crippen molar-refractivity contribution in [1.29, 1.82) is 0 Å². The number of hydrogen-bond acceptors (Lipinski definition) is 8. The maximum atomic E-state index is 11.5. The molecule has 2 aromatic rings. The lowest BCUT2D eigenvalue weighted by Crippen LogP contribution is -2.49. The van der Waals surface area contributed by atoms with E-state index in [4.69, 9.17) is 4.98 Å². The molecule has 9 nitrogen and oxygen atoms in total. The highest BCUT2D eigenvalue weighted by Gasteiger charge is 2.23. The molecule has 2 aliphatic rings. The number of anilines is 3. The van der Waals surface area contributed by atoms with Gasteiger partial charge in [0.2, 0.25) is 11.9 Å². The van der Waals surface area contributed by atoms with Gasteiger partial charge in [-0.1, -0.05) is 6.07 Å². The van der Waals surface area contributed by atoms with Crippen LogP contribution in [-0.2, 0) is 4.79 Å². The highest BCUT2D eigenvalue weighted by molar-refractivity contribution is 5.73. The zero-order valence-corrected chi connectivity index (χ0v) is 15.5. The van der Waals surface area contributed by atoms with Gasteiger partial charge in [-0.2, -0.15) is 10.1 Å². The molecular formula is C18H24N8O. The van der Waals surface area contributed by atoms with Gasteiger partial charge in [0, 0.05) is 65.5 Å². The molecule has 0 radical (unpaired) electrons. The van der Waals surface area contributed by atoms with E-state index in [0.717, 1.165) is 64.0 Å². The van der Waals surface area contributed by atoms with Crippen molar-refractivity contribution in [3.8, 4) is 0 Å². The number of piperazine rings is 2. The SMILES string of the molecule is CC(=O)N1CCN(c2cnnc(N3CCN(c4ccccn4)CC3)n2)CC1. The van der Waals surface area contributed by atoms with Gasteiger partial charge in [0.25, 0.3) is 0 Å². The van der Waals surface area contributed by atoms with Crippen LogP contribution < -0.4 is 14.7 Å². The van der Waals surface area contributed by atoms with E-state index in [1.807, 2.05) is 29.3 Å². The van der Waals surface area contributed by atoms with Crippen molar-refractivity contribution in [1.82, 2.24) is 25.1 Å². The van der Waals surface area contributed by atoms with Gasteiger partial charge in [-0.15, -0.1) is 5.10 Å². The maximum Gasteiger partial charge on any atom is 0.247 e. The number of carbonyl (C=O) groups excluding carboxylic acids is 1. The van der Waals surface area contributed by atoms with Crippen LogP contribution in [0.15, 0.2) is 30.6 Å². The molecule has 142 valence electrons. The summed E-state index contributed by atoms with van der Waals surface area (Å²) in [5.41, 5.74) is 0. The number of aromatic nitrogens is 4. The third-order valence-electron chi connectivity index (χ3n) is 5.12. The van der Waals surface area contributed by atoms with Crippen LogP contribution in [-0.4, -0.2) is 83.3 Å². The van der Waals surface area contributed by atoms with Crippen molar-refractivity contribution >= 4 is 23.5 Å². The third kappa shape index (κ3) is 3.91. The minimum Gasteiger partial charge on any atom is -0.353 e. The van der Waals surface area contributed by atoms with Crippen LogP contribution in [0.3, 0.4) is 0 Å². The summed E-state index contributed by atoms with van der Waals surface area (Å²) in [7, 11) is 0. The minimum atomic E-state index is 0.127. The molecule has 0 bridgehead atoms. The molecule has 0 spiro atoms. The zero-order chi connectivity index (χ0) is 18.6. The van der Waals surface area contributed by atoms with E-state index in [0.29, 0.717) is 5.95 Å². The first-order valence-electron chi connectivity index (χ1n) is 9.32. The van der Waals surface area contributed by atoms with Gasteiger partial charge in [-0.25, -0.2) is 4.98 Å². The van der Waals surface area contributed by atoms with E-state index >= 15 is 0 Å². The summed E-state index contributed by atoms with van der Waals surface area (Å²) in [6.45, 7) is 8.01. The number of nitrogens with zero attached hydrogens (tertiary/aromatic N) is 8. The molecule has 9 heteroatoms. The fraction of sp³-hybridized carbons (Fsp3) is 0.500. The number of pyridine rings is 1. The summed E-state index contributed by atoms with van der Waals surface area (Å²) < 4.78 is 0. The molecule has 4 heterocycles. The van der Waals surface area contributed by atoms with Crippen LogP contribution in [0.25, 0.3) is 0 Å². The molecule has 0 saturated carbocycles. The molecule has 2 fully saturated rings. The van der Waals surface area contributed by atoms with E-state index in [9.17, 15) is 4.79 Å². The Morgan fingerprint density at radius 3 is 2.22 bits per heavy atom. The largest absolute Gasteiger partial charge is 0.353 e. The van der Waals surface area contributed by atoms with Gasteiger partial charge in [-0.3, -0.25) is 4.79 Å². The summed E-state index contributed by atoms with van der Waals surface area (Å²) in [6.07, 6.45) is 3.53. The summed E-state index contributed by atoms with van der Waals surface area (Å²) in [5, 5.41) is 8.40. The Labute approximate surface area is 158 Å². The van der Waals surface area contributed by atoms with E-state index < -0.39 is 0 Å². The topological polar surface area (TPSA) is 81.6 Å². The van der Waals surface area contributed by atoms with Gasteiger partial charge in [-0.05, 0) is 12.1 Å². The van der Waals surface area contributed by atoms with Crippen molar-refractivity contribution in [2.45, 2.75) is 6.92 Å². The molecule has 27 heavy (non-hydrogen) atoms. The predicted molar refractivity (Wildman–Crippen MR) is 103 cm³/mol. The van der Waals surface area contributed by atoms with E-state index in [1.54, 1.807) is 13.1 Å². The lowest BCUT2D eigenvalue weighted by atomic mass is 10.3. The van der Waals surface area contributed by atoms with Crippen LogP contribution >= 0.6 is 0 Å². The Hall–Kier alpha value is -2.97. The van der Waals surface area contributed by atoms with E-state index in [2.05, 4.69) is 29.9 Å². The molecule has 0 aromatic carbocycles. The monoisotopic (exact) mass is 368 g/mol. The number of amides is 1. The maximum absolute atomic E-state index is 11.5. The van der Waals surface area contributed by atoms with Gasteiger partial charge in [0.15, 0.2) is 5.82 Å². The van der Waals surface area contributed by atoms with Gasteiger partial charge >= 0.3 is 0 Å². The molecule has 4 rings (SSSR count). The van der Waals surface area contributed by atoms with Crippen LogP contribution in [0.4, 0.5) is 17.6 Å². The fourth-order valence-electron chi connectivity index (χ4n) is 3.50. The summed E-state index contributed by atoms with van der Waals surface area (Å²) in [6, 6.07) is 5.98. The van der Waals surface area contributed by atoms with E-state index in [-0.39, 0.29) is 5.91 Å². The number of hydrogen-bond donors (Lipinski definition) is 0. The lowest BCUT2D eigenvalue weighted by molar-refractivity contribution is -0.129. The second kappa shape index (κ2) is 7.73. The quantitative estimate of drug-likeness (QED) is 0.763. The first kappa shape index (κ1) is 17.4. The number of carbonyl (C=O) groups is 1. The number of rotatable bonds is 3. The Morgan fingerprint density at radius 2 is 1.56 bits per heavy atom. The molecule has 1 amide bonds. The van der Waals surface area contributed by atoms with E-state index in [1.165, 1.54) is 0 Å². The molecule has 0 aliphatic carbocycles. The van der Waals surface area contributed by atoms with Crippen molar-refractivity contribution in [3.05, 3.63) is 30.6 Å². The molecule has 0 N–H and O–H groups in total. The standard InChI is InChI=1S/C18H24N8O/c1-15(27)23-6-8-25(9-7-23)17-14-20-22-18(21-17)26-12-10-24(11-13-26)16-4-2-3-5-19-16/h2-5,14H,6-13H2,1H3. The molecule has 0 atom stereocenters. The van der Waals surface area contributed by atoms with Crippen LogP contribution in [0.1, 0.15) is 6.92 Å². The van der Waals surface area contributed by atoms with Crippen LogP contribution in [0, 0.1) is 0 Å². The lowest BCUT2D eigenvalue weighted by Gasteiger charge is -2.36. The second-order valence-corrected chi connectivity index (χ2v) is 6.77. The van der Waals surface area contributed by atoms with Gasteiger partial charge in [0.1, 0.15) is 5.82 Å². The van der Waals surface area contributed by atoms with Crippen molar-refractivity contribution < 1.29 is 4.79 Å². The first-order chi connectivity index (χ1) is 13.2. The van der Waals surface area contributed by atoms with Crippen molar-refractivity contribution in [2.24, 2.45) is 0 Å². The smallest absolute Gasteiger partial charge is 0.247 e. The van der Waals surface area contributed by atoms with Crippen molar-refractivity contribution in [2.75, 3.05) is 67.1 Å². The second-order valence-electron chi connectivity index (χ2n) is 6.77. The Morgan fingerprint density at radius 1 is 0.889 bits per heavy atom. The summed E-state index contributed by atoms with van der Waals surface area (Å²) >= 11 is 0. The normalized spacial score (nSPS) is 18.0. The molecular weight excluding hydrogens is 344 g/mol. The average molecular weight is 368 g/mol. The highest BCUT2D eigenvalue weighted by Crippen LogP contribution is 2.18. The zero-order valence-electron chi connectivity index (χ0n) is 15.5. The van der Waals surface area contributed by atoms with Gasteiger partial charge < -0.3 is 19.6 Å². The van der Waals surface area contributed by atoms with Crippen LogP contribution in [0.5, 0.6) is 0 Å². The Balaban J connectivity index is 1.38. The molecule has 2 aromatic heterocycles. The van der Waals surface area contributed by atoms with Crippen molar-refractivity contribution in [3.63, 3.8) is 0 Å². The summed E-state index contributed by atoms with van der Waals surface area (Å²) in [4.78, 5) is 29.1. The Bertz CT molecular complexity index is 770.